The first kappa shape index (κ1) is 18.9. The zero-order chi connectivity index (χ0) is 22.5. The summed E-state index contributed by atoms with van der Waals surface area (Å²) >= 11 is 0. The highest BCUT2D eigenvalue weighted by molar-refractivity contribution is 6.21. The monoisotopic (exact) mass is 436 g/mol. The molecule has 0 unspecified atom stereocenters. The third-order valence-electron chi connectivity index (χ3n) is 5.76. The van der Waals surface area contributed by atoms with E-state index >= 15 is 0 Å². The lowest BCUT2D eigenvalue weighted by Gasteiger charge is -2.29. The van der Waals surface area contributed by atoms with Gasteiger partial charge in [0.25, 0.3) is 11.8 Å². The lowest BCUT2D eigenvalue weighted by molar-refractivity contribution is 0.0152. The number of nitrogens with one attached hydrogen (secondary N) is 1. The van der Waals surface area contributed by atoms with E-state index in [1.54, 1.807) is 54.7 Å². The molecule has 3 amide bonds. The maximum absolute atomic E-state index is 13.7. The van der Waals surface area contributed by atoms with Crippen LogP contribution in [0.1, 0.15) is 26.3 Å². The van der Waals surface area contributed by atoms with Crippen molar-refractivity contribution in [2.75, 3.05) is 0 Å². The number of carbonyl (C=O) groups excluding carboxylic acids is 3. The van der Waals surface area contributed by atoms with Crippen LogP contribution in [0.5, 0.6) is 0 Å². The fourth-order valence-electron chi connectivity index (χ4n) is 4.16. The highest BCUT2D eigenvalue weighted by Gasteiger charge is 2.42. The largest absolute Gasteiger partial charge is 0.366 e. The maximum Gasteiger partial charge on any atom is 0.366 e. The number of aromatic nitrogens is 4. The number of amides is 3. The topological polar surface area (TPSA) is 104 Å². The number of fused-ring (bicyclic) bond motifs is 3. The molecule has 0 fully saturated rings. The van der Waals surface area contributed by atoms with E-state index in [0.29, 0.717) is 11.0 Å². The summed E-state index contributed by atoms with van der Waals surface area (Å²) in [6.45, 7) is -0.0253. The van der Waals surface area contributed by atoms with Gasteiger partial charge in [0.2, 0.25) is 0 Å². The molecule has 0 bridgehead atoms. The van der Waals surface area contributed by atoms with Crippen LogP contribution in [-0.4, -0.2) is 47.8 Å². The summed E-state index contributed by atoms with van der Waals surface area (Å²) in [5.41, 5.74) is 3.14. The Bertz CT molecular complexity index is 1550. The van der Waals surface area contributed by atoms with Crippen molar-refractivity contribution in [3.05, 3.63) is 95.7 Å². The van der Waals surface area contributed by atoms with E-state index in [1.165, 1.54) is 0 Å². The zero-order valence-electron chi connectivity index (χ0n) is 17.2. The molecule has 160 valence electrons. The summed E-state index contributed by atoms with van der Waals surface area (Å²) in [5, 5.41) is 10.9. The van der Waals surface area contributed by atoms with Crippen LogP contribution in [0.15, 0.2) is 79.0 Å². The number of nitrogens with zero attached hydrogens (tertiary/aromatic N) is 5. The van der Waals surface area contributed by atoms with Gasteiger partial charge in [-0.2, -0.15) is 9.69 Å². The van der Waals surface area contributed by atoms with Crippen molar-refractivity contribution in [2.24, 2.45) is 0 Å². The van der Waals surface area contributed by atoms with Crippen LogP contribution in [0, 0.1) is 0 Å². The van der Waals surface area contributed by atoms with Gasteiger partial charge < -0.3 is 4.98 Å². The standard InChI is InChI=1S/C24H16N6O3/c31-22-17-8-1-2-9-18(17)23(32)30(22)28(14-15-13-25-19-10-4-3-7-16(15)19)24(33)29-21-12-6-5-11-20(21)26-27-29/h1-13,25H,14H2. The molecule has 0 radical (unpaired) electrons. The average molecular weight is 436 g/mol. The minimum atomic E-state index is -0.663. The first-order valence-corrected chi connectivity index (χ1v) is 10.3. The number of rotatable bonds is 3. The number of hydrogen-bond donors (Lipinski definition) is 1. The third-order valence-corrected chi connectivity index (χ3v) is 5.76. The van der Waals surface area contributed by atoms with Crippen molar-refractivity contribution in [3.63, 3.8) is 0 Å². The Morgan fingerprint density at radius 1 is 0.879 bits per heavy atom. The first-order chi connectivity index (χ1) is 16.1. The number of para-hydroxylation sites is 2. The maximum atomic E-state index is 13.7. The van der Waals surface area contributed by atoms with Crippen LogP contribution in [0.3, 0.4) is 0 Å². The summed E-state index contributed by atoms with van der Waals surface area (Å²) in [7, 11) is 0. The first-order valence-electron chi connectivity index (χ1n) is 10.3. The van der Waals surface area contributed by atoms with Crippen molar-refractivity contribution < 1.29 is 14.4 Å². The van der Waals surface area contributed by atoms with Crippen molar-refractivity contribution in [1.29, 1.82) is 0 Å². The Labute approximate surface area is 186 Å². The van der Waals surface area contributed by atoms with Crippen LogP contribution in [-0.2, 0) is 6.54 Å². The number of benzene rings is 3. The Morgan fingerprint density at radius 3 is 2.33 bits per heavy atom. The van der Waals surface area contributed by atoms with E-state index in [2.05, 4.69) is 15.3 Å². The normalized spacial score (nSPS) is 13.2. The lowest BCUT2D eigenvalue weighted by Crippen LogP contribution is -2.50. The molecule has 2 aromatic heterocycles. The Balaban J connectivity index is 1.48. The Kier molecular flexibility index (Phi) is 4.09. The van der Waals surface area contributed by atoms with Gasteiger partial charge in [0.1, 0.15) is 5.52 Å². The molecule has 1 aliphatic heterocycles. The van der Waals surface area contributed by atoms with Crippen LogP contribution in [0.25, 0.3) is 21.9 Å². The van der Waals surface area contributed by atoms with Crippen LogP contribution in [0.4, 0.5) is 4.79 Å². The van der Waals surface area contributed by atoms with Gasteiger partial charge in [0, 0.05) is 17.1 Å². The molecular formula is C24H16N6O3. The van der Waals surface area contributed by atoms with E-state index in [0.717, 1.165) is 31.2 Å². The van der Waals surface area contributed by atoms with Crippen molar-refractivity contribution in [1.82, 2.24) is 30.0 Å². The highest BCUT2D eigenvalue weighted by atomic mass is 16.2. The Hall–Kier alpha value is -4.79. The minimum absolute atomic E-state index is 0.0253. The number of aromatic amines is 1. The van der Waals surface area contributed by atoms with E-state index in [-0.39, 0.29) is 17.7 Å². The van der Waals surface area contributed by atoms with Crippen LogP contribution < -0.4 is 0 Å². The van der Waals surface area contributed by atoms with Crippen molar-refractivity contribution >= 4 is 39.8 Å². The number of imide groups is 1. The summed E-state index contributed by atoms with van der Waals surface area (Å²) in [4.78, 5) is 43.4. The summed E-state index contributed by atoms with van der Waals surface area (Å²) in [6.07, 6.45) is 1.77. The smallest absolute Gasteiger partial charge is 0.361 e. The second-order valence-corrected chi connectivity index (χ2v) is 7.66. The Morgan fingerprint density at radius 2 is 1.55 bits per heavy atom. The van der Waals surface area contributed by atoms with Gasteiger partial charge in [-0.3, -0.25) is 9.59 Å². The minimum Gasteiger partial charge on any atom is -0.361 e. The molecule has 3 aromatic carbocycles. The molecule has 9 nitrogen and oxygen atoms in total. The summed E-state index contributed by atoms with van der Waals surface area (Å²) < 4.78 is 1.10. The molecule has 1 aliphatic rings. The molecule has 5 aromatic rings. The molecule has 6 rings (SSSR count). The average Bonchev–Trinajstić information content (AvgIpc) is 3.53. The summed E-state index contributed by atoms with van der Waals surface area (Å²) in [6, 6.07) is 20.5. The predicted octanol–water partition coefficient (Wildman–Crippen LogP) is 3.59. The molecule has 1 N–H and O–H groups in total. The summed E-state index contributed by atoms with van der Waals surface area (Å²) in [5.74, 6) is -1.12. The second kappa shape index (κ2) is 7.13. The van der Waals surface area contributed by atoms with Gasteiger partial charge in [-0.05, 0) is 35.9 Å². The van der Waals surface area contributed by atoms with E-state index < -0.39 is 17.8 Å². The molecule has 0 aliphatic carbocycles. The number of carbonyl (C=O) groups is 3. The SMILES string of the molecule is O=C1c2ccccc2C(=O)N1N(Cc1c[nH]c2ccccc12)C(=O)n1nnc2ccccc21. The van der Waals surface area contributed by atoms with Gasteiger partial charge in [0.05, 0.1) is 23.2 Å². The fourth-order valence-corrected chi connectivity index (χ4v) is 4.16. The predicted molar refractivity (Wildman–Crippen MR) is 119 cm³/mol. The molecule has 33 heavy (non-hydrogen) atoms. The van der Waals surface area contributed by atoms with Gasteiger partial charge in [-0.25, -0.2) is 9.80 Å². The highest BCUT2D eigenvalue weighted by Crippen LogP contribution is 2.28. The zero-order valence-corrected chi connectivity index (χ0v) is 17.2. The van der Waals surface area contributed by atoms with Gasteiger partial charge >= 0.3 is 6.03 Å². The molecule has 3 heterocycles. The molecule has 0 saturated heterocycles. The molecule has 0 atom stereocenters. The quantitative estimate of drug-likeness (QED) is 0.435. The van der Waals surface area contributed by atoms with Crippen molar-refractivity contribution in [3.8, 4) is 0 Å². The van der Waals surface area contributed by atoms with E-state index in [1.807, 2.05) is 24.3 Å². The molecular weight excluding hydrogens is 420 g/mol. The molecule has 0 saturated carbocycles. The fraction of sp³-hybridized carbons (Fsp3) is 0.0417. The number of hydrogen-bond acceptors (Lipinski definition) is 5. The van der Waals surface area contributed by atoms with E-state index in [9.17, 15) is 14.4 Å². The lowest BCUT2D eigenvalue weighted by atomic mass is 10.1. The molecule has 9 heteroatoms. The van der Waals surface area contributed by atoms with E-state index in [4.69, 9.17) is 0 Å². The van der Waals surface area contributed by atoms with Gasteiger partial charge in [0.15, 0.2) is 0 Å². The third kappa shape index (κ3) is 2.83. The molecule has 0 spiro atoms. The second-order valence-electron chi connectivity index (χ2n) is 7.66. The van der Waals surface area contributed by atoms with Gasteiger partial charge in [-0.1, -0.05) is 47.7 Å². The van der Waals surface area contributed by atoms with Crippen LogP contribution in [0.2, 0.25) is 0 Å². The van der Waals surface area contributed by atoms with Crippen molar-refractivity contribution in [2.45, 2.75) is 6.54 Å². The van der Waals surface area contributed by atoms with Gasteiger partial charge in [-0.15, -0.1) is 5.10 Å². The number of hydrazine groups is 1. The number of H-pyrrole nitrogens is 1. The van der Waals surface area contributed by atoms with Crippen LogP contribution >= 0.6 is 0 Å².